The molecule has 2 rings (SSSR count). The molecule has 1 aromatic rings. The van der Waals surface area contributed by atoms with E-state index in [0.29, 0.717) is 31.7 Å². The Kier molecular flexibility index (Phi) is 5.03. The highest BCUT2D eigenvalue weighted by Crippen LogP contribution is 2.18. The SMILES string of the molecule is CCNc1ccccc1C(=O)N1CCN(C(=O)OC)CC1. The molecule has 114 valence electrons. The number of amides is 2. The van der Waals surface area contributed by atoms with E-state index < -0.39 is 0 Å². The van der Waals surface area contributed by atoms with E-state index in [0.717, 1.165) is 12.2 Å². The first-order valence-corrected chi connectivity index (χ1v) is 7.12. The summed E-state index contributed by atoms with van der Waals surface area (Å²) < 4.78 is 4.69. The van der Waals surface area contributed by atoms with Gasteiger partial charge in [0, 0.05) is 38.4 Å². The summed E-state index contributed by atoms with van der Waals surface area (Å²) in [6.07, 6.45) is -0.338. The van der Waals surface area contributed by atoms with Gasteiger partial charge >= 0.3 is 6.09 Å². The molecule has 0 unspecified atom stereocenters. The Morgan fingerprint density at radius 2 is 1.76 bits per heavy atom. The fraction of sp³-hybridized carbons (Fsp3) is 0.467. The quantitative estimate of drug-likeness (QED) is 0.919. The van der Waals surface area contributed by atoms with Gasteiger partial charge in [-0.2, -0.15) is 0 Å². The van der Waals surface area contributed by atoms with Crippen LogP contribution >= 0.6 is 0 Å². The lowest BCUT2D eigenvalue weighted by Crippen LogP contribution is -2.50. The molecule has 1 heterocycles. The van der Waals surface area contributed by atoms with Crippen molar-refractivity contribution in [2.45, 2.75) is 6.92 Å². The number of hydrogen-bond acceptors (Lipinski definition) is 4. The number of carbonyl (C=O) groups is 2. The number of nitrogens with zero attached hydrogens (tertiary/aromatic N) is 2. The van der Waals surface area contributed by atoms with Gasteiger partial charge in [-0.1, -0.05) is 12.1 Å². The van der Waals surface area contributed by atoms with Crippen LogP contribution in [0.25, 0.3) is 0 Å². The van der Waals surface area contributed by atoms with Gasteiger partial charge in [0.15, 0.2) is 0 Å². The molecule has 21 heavy (non-hydrogen) atoms. The van der Waals surface area contributed by atoms with Crippen molar-refractivity contribution in [1.82, 2.24) is 9.80 Å². The zero-order valence-corrected chi connectivity index (χ0v) is 12.5. The Balaban J connectivity index is 2.04. The first-order chi connectivity index (χ1) is 10.2. The fourth-order valence-corrected chi connectivity index (χ4v) is 2.41. The van der Waals surface area contributed by atoms with Crippen LogP contribution < -0.4 is 5.32 Å². The fourth-order valence-electron chi connectivity index (χ4n) is 2.41. The van der Waals surface area contributed by atoms with Gasteiger partial charge in [0.1, 0.15) is 0 Å². The summed E-state index contributed by atoms with van der Waals surface area (Å²) >= 11 is 0. The lowest BCUT2D eigenvalue weighted by molar-refractivity contribution is 0.0600. The van der Waals surface area contributed by atoms with Gasteiger partial charge in [0.25, 0.3) is 5.91 Å². The Labute approximate surface area is 124 Å². The molecule has 0 spiro atoms. The third kappa shape index (κ3) is 3.45. The van der Waals surface area contributed by atoms with Crippen LogP contribution in [0.5, 0.6) is 0 Å². The van der Waals surface area contributed by atoms with E-state index in [-0.39, 0.29) is 12.0 Å². The van der Waals surface area contributed by atoms with Crippen molar-refractivity contribution in [3.63, 3.8) is 0 Å². The molecule has 0 radical (unpaired) electrons. The number of rotatable bonds is 3. The minimum Gasteiger partial charge on any atom is -0.453 e. The van der Waals surface area contributed by atoms with Gasteiger partial charge in [0.05, 0.1) is 12.7 Å². The van der Waals surface area contributed by atoms with Crippen molar-refractivity contribution in [2.24, 2.45) is 0 Å². The van der Waals surface area contributed by atoms with Gasteiger partial charge in [-0.3, -0.25) is 4.79 Å². The smallest absolute Gasteiger partial charge is 0.409 e. The summed E-state index contributed by atoms with van der Waals surface area (Å²) in [6.45, 7) is 4.81. The first-order valence-electron chi connectivity index (χ1n) is 7.12. The molecule has 1 aliphatic heterocycles. The third-order valence-corrected chi connectivity index (χ3v) is 3.52. The van der Waals surface area contributed by atoms with Gasteiger partial charge in [-0.25, -0.2) is 4.79 Å². The molecule has 1 aliphatic rings. The molecule has 1 fully saturated rings. The number of para-hydroxylation sites is 1. The Morgan fingerprint density at radius 1 is 1.14 bits per heavy atom. The summed E-state index contributed by atoms with van der Waals surface area (Å²) in [5, 5.41) is 3.20. The topological polar surface area (TPSA) is 61.9 Å². The van der Waals surface area contributed by atoms with E-state index in [9.17, 15) is 9.59 Å². The van der Waals surface area contributed by atoms with Crippen molar-refractivity contribution < 1.29 is 14.3 Å². The number of methoxy groups -OCH3 is 1. The van der Waals surface area contributed by atoms with Crippen LogP contribution in [0.4, 0.5) is 10.5 Å². The second-order valence-corrected chi connectivity index (χ2v) is 4.83. The molecule has 0 atom stereocenters. The van der Waals surface area contributed by atoms with Crippen LogP contribution in [0, 0.1) is 0 Å². The van der Waals surface area contributed by atoms with Crippen molar-refractivity contribution >= 4 is 17.7 Å². The monoisotopic (exact) mass is 291 g/mol. The second-order valence-electron chi connectivity index (χ2n) is 4.83. The number of ether oxygens (including phenoxy) is 1. The predicted molar refractivity (Wildman–Crippen MR) is 80.5 cm³/mol. The number of hydrogen-bond donors (Lipinski definition) is 1. The van der Waals surface area contributed by atoms with E-state index in [4.69, 9.17) is 4.74 Å². The molecular formula is C15H21N3O3. The average Bonchev–Trinajstić information content (AvgIpc) is 2.54. The van der Waals surface area contributed by atoms with Gasteiger partial charge in [0.2, 0.25) is 0 Å². The minimum absolute atomic E-state index is 0.00364. The summed E-state index contributed by atoms with van der Waals surface area (Å²) in [7, 11) is 1.37. The van der Waals surface area contributed by atoms with E-state index in [1.54, 1.807) is 9.80 Å². The van der Waals surface area contributed by atoms with Crippen molar-refractivity contribution in [1.29, 1.82) is 0 Å². The van der Waals surface area contributed by atoms with Gasteiger partial charge in [-0.15, -0.1) is 0 Å². The van der Waals surface area contributed by atoms with Crippen LogP contribution in [0.15, 0.2) is 24.3 Å². The zero-order chi connectivity index (χ0) is 15.2. The normalized spacial score (nSPS) is 14.8. The number of benzene rings is 1. The summed E-state index contributed by atoms with van der Waals surface area (Å²) in [5.41, 5.74) is 1.52. The first kappa shape index (κ1) is 15.2. The van der Waals surface area contributed by atoms with E-state index in [2.05, 4.69) is 5.32 Å². The van der Waals surface area contributed by atoms with Crippen molar-refractivity contribution in [2.75, 3.05) is 45.2 Å². The lowest BCUT2D eigenvalue weighted by atomic mass is 10.1. The zero-order valence-electron chi connectivity index (χ0n) is 12.5. The largest absolute Gasteiger partial charge is 0.453 e. The molecule has 6 nitrogen and oxygen atoms in total. The van der Waals surface area contributed by atoms with Crippen LogP contribution in [-0.2, 0) is 4.74 Å². The minimum atomic E-state index is -0.338. The number of carbonyl (C=O) groups excluding carboxylic acids is 2. The van der Waals surface area contributed by atoms with E-state index in [1.807, 2.05) is 31.2 Å². The summed E-state index contributed by atoms with van der Waals surface area (Å²) in [6, 6.07) is 7.50. The molecule has 2 amide bonds. The lowest BCUT2D eigenvalue weighted by Gasteiger charge is -2.34. The van der Waals surface area contributed by atoms with Crippen LogP contribution in [-0.4, -0.2) is 61.6 Å². The molecule has 0 aromatic heterocycles. The Morgan fingerprint density at radius 3 is 2.38 bits per heavy atom. The van der Waals surface area contributed by atoms with Gasteiger partial charge < -0.3 is 19.9 Å². The van der Waals surface area contributed by atoms with Crippen molar-refractivity contribution in [3.05, 3.63) is 29.8 Å². The number of nitrogens with one attached hydrogen (secondary N) is 1. The van der Waals surface area contributed by atoms with Gasteiger partial charge in [-0.05, 0) is 19.1 Å². The highest BCUT2D eigenvalue weighted by atomic mass is 16.5. The predicted octanol–water partition coefficient (Wildman–Crippen LogP) is 1.64. The third-order valence-electron chi connectivity index (χ3n) is 3.52. The maximum Gasteiger partial charge on any atom is 0.409 e. The highest BCUT2D eigenvalue weighted by Gasteiger charge is 2.26. The molecule has 0 aliphatic carbocycles. The summed E-state index contributed by atoms with van der Waals surface area (Å²) in [4.78, 5) is 27.4. The molecule has 1 aromatic carbocycles. The molecule has 0 saturated carbocycles. The average molecular weight is 291 g/mol. The molecular weight excluding hydrogens is 270 g/mol. The molecule has 1 N–H and O–H groups in total. The maximum absolute atomic E-state index is 12.6. The second kappa shape index (κ2) is 6.97. The molecule has 0 bridgehead atoms. The van der Waals surface area contributed by atoms with E-state index in [1.165, 1.54) is 7.11 Å². The van der Waals surface area contributed by atoms with Crippen LogP contribution in [0.3, 0.4) is 0 Å². The summed E-state index contributed by atoms with van der Waals surface area (Å²) in [5.74, 6) is -0.00364. The highest BCUT2D eigenvalue weighted by molar-refractivity contribution is 5.99. The van der Waals surface area contributed by atoms with Crippen molar-refractivity contribution in [3.8, 4) is 0 Å². The van der Waals surface area contributed by atoms with Crippen LogP contribution in [0.1, 0.15) is 17.3 Å². The molecule has 1 saturated heterocycles. The Hall–Kier alpha value is -2.24. The number of piperazine rings is 1. The van der Waals surface area contributed by atoms with Crippen LogP contribution in [0.2, 0.25) is 0 Å². The standard InChI is InChI=1S/C15H21N3O3/c1-3-16-13-7-5-4-6-12(13)14(19)17-8-10-18(11-9-17)15(20)21-2/h4-7,16H,3,8-11H2,1-2H3. The molecule has 6 heteroatoms. The maximum atomic E-state index is 12.6. The Bertz CT molecular complexity index is 511. The van der Waals surface area contributed by atoms with E-state index >= 15 is 0 Å². The number of anilines is 1.